The van der Waals surface area contributed by atoms with Crippen LogP contribution in [0.3, 0.4) is 0 Å². The summed E-state index contributed by atoms with van der Waals surface area (Å²) in [5.74, 6) is -2.42. The Hall–Kier alpha value is -3.22. The van der Waals surface area contributed by atoms with E-state index in [0.717, 1.165) is 0 Å². The van der Waals surface area contributed by atoms with Crippen molar-refractivity contribution in [2.75, 3.05) is 27.4 Å². The van der Waals surface area contributed by atoms with Crippen molar-refractivity contribution in [3.8, 4) is 5.75 Å². The second-order valence-electron chi connectivity index (χ2n) is 5.91. The van der Waals surface area contributed by atoms with E-state index in [2.05, 4.69) is 13.2 Å². The highest BCUT2D eigenvalue weighted by atomic mass is 16.7. The molecule has 0 radical (unpaired) electrons. The molecule has 0 heterocycles. The number of ketones is 1. The number of benzene rings is 2. The van der Waals surface area contributed by atoms with Gasteiger partial charge in [0.25, 0.3) is 5.79 Å². The minimum Gasteiger partial charge on any atom is -0.497 e. The summed E-state index contributed by atoms with van der Waals surface area (Å²) in [4.78, 5) is 26.0. The average molecular weight is 396 g/mol. The van der Waals surface area contributed by atoms with E-state index in [1.54, 1.807) is 55.6 Å². The van der Waals surface area contributed by atoms with Gasteiger partial charge in [-0.3, -0.25) is 4.79 Å². The third-order valence-corrected chi connectivity index (χ3v) is 4.14. The van der Waals surface area contributed by atoms with Crippen LogP contribution >= 0.6 is 0 Å². The van der Waals surface area contributed by atoms with Gasteiger partial charge in [0.2, 0.25) is 0 Å². The van der Waals surface area contributed by atoms with Crippen LogP contribution in [-0.4, -0.2) is 39.2 Å². The van der Waals surface area contributed by atoms with E-state index in [-0.39, 0.29) is 30.1 Å². The van der Waals surface area contributed by atoms with E-state index >= 15 is 0 Å². The Kier molecular flexibility index (Phi) is 7.88. The molecule has 2 aromatic carbocycles. The van der Waals surface area contributed by atoms with Gasteiger partial charge in [-0.25, -0.2) is 4.79 Å². The van der Waals surface area contributed by atoms with E-state index in [0.29, 0.717) is 11.3 Å². The van der Waals surface area contributed by atoms with Gasteiger partial charge in [-0.15, -0.1) is 13.2 Å². The monoisotopic (exact) mass is 396 g/mol. The molecule has 0 N–H and O–H groups in total. The maximum atomic E-state index is 13.2. The lowest BCUT2D eigenvalue weighted by atomic mass is 9.93. The highest BCUT2D eigenvalue weighted by Gasteiger charge is 2.46. The van der Waals surface area contributed by atoms with E-state index in [4.69, 9.17) is 18.9 Å². The predicted molar refractivity (Wildman–Crippen MR) is 109 cm³/mol. The van der Waals surface area contributed by atoms with Gasteiger partial charge in [0, 0.05) is 16.7 Å². The van der Waals surface area contributed by atoms with E-state index in [1.165, 1.54) is 19.3 Å². The molecular formula is C23H24O6. The fourth-order valence-corrected chi connectivity index (χ4v) is 2.78. The van der Waals surface area contributed by atoms with Crippen molar-refractivity contribution >= 4 is 11.8 Å². The van der Waals surface area contributed by atoms with Crippen molar-refractivity contribution in [1.82, 2.24) is 0 Å². The fraction of sp³-hybridized carbons (Fsp3) is 0.217. The lowest BCUT2D eigenvalue weighted by Crippen LogP contribution is -2.44. The summed E-state index contributed by atoms with van der Waals surface area (Å²) in [5.41, 5.74) is 0.900. The molecule has 0 amide bonds. The molecule has 2 rings (SSSR count). The van der Waals surface area contributed by atoms with Crippen LogP contribution < -0.4 is 4.74 Å². The van der Waals surface area contributed by atoms with Crippen LogP contribution in [0.15, 0.2) is 73.8 Å². The van der Waals surface area contributed by atoms with E-state index in [1.807, 2.05) is 0 Å². The number of esters is 1. The van der Waals surface area contributed by atoms with Crippen molar-refractivity contribution in [2.45, 2.75) is 5.79 Å². The largest absolute Gasteiger partial charge is 0.497 e. The van der Waals surface area contributed by atoms with E-state index < -0.39 is 11.8 Å². The topological polar surface area (TPSA) is 71.1 Å². The standard InChI is InChI=1S/C23H24O6/c1-5-15-28-23(22(25)27-4,29-16-6-2)20-10-8-7-9-19(20)21(24)17-11-13-18(26-3)14-12-17/h5-14H,1-2,15-16H2,3-4H3. The zero-order valence-electron chi connectivity index (χ0n) is 16.6. The molecule has 0 bridgehead atoms. The number of hydrogen-bond acceptors (Lipinski definition) is 6. The number of carbonyl (C=O) groups is 2. The summed E-state index contributed by atoms with van der Waals surface area (Å²) < 4.78 is 21.6. The fourth-order valence-electron chi connectivity index (χ4n) is 2.78. The Morgan fingerprint density at radius 3 is 2.03 bits per heavy atom. The number of rotatable bonds is 11. The van der Waals surface area contributed by atoms with Crippen molar-refractivity contribution in [3.63, 3.8) is 0 Å². The number of ether oxygens (including phenoxy) is 4. The van der Waals surface area contributed by atoms with Gasteiger partial charge in [0.05, 0.1) is 27.4 Å². The molecule has 0 atom stereocenters. The molecular weight excluding hydrogens is 372 g/mol. The second kappa shape index (κ2) is 10.4. The molecule has 6 heteroatoms. The number of carbonyl (C=O) groups excluding carboxylic acids is 2. The molecule has 29 heavy (non-hydrogen) atoms. The van der Waals surface area contributed by atoms with Crippen molar-refractivity contribution in [3.05, 3.63) is 90.5 Å². The number of hydrogen-bond donors (Lipinski definition) is 0. The molecule has 0 aliphatic heterocycles. The Balaban J connectivity index is 2.61. The van der Waals surface area contributed by atoms with Gasteiger partial charge in [-0.2, -0.15) is 0 Å². The Morgan fingerprint density at radius 2 is 1.52 bits per heavy atom. The lowest BCUT2D eigenvalue weighted by Gasteiger charge is -2.32. The van der Waals surface area contributed by atoms with Crippen LogP contribution in [0, 0.1) is 0 Å². The van der Waals surface area contributed by atoms with Gasteiger partial charge >= 0.3 is 5.97 Å². The van der Waals surface area contributed by atoms with Crippen molar-refractivity contribution in [1.29, 1.82) is 0 Å². The Morgan fingerprint density at radius 1 is 0.931 bits per heavy atom. The minimum atomic E-state index is -1.95. The zero-order valence-corrected chi connectivity index (χ0v) is 16.6. The molecule has 152 valence electrons. The SMILES string of the molecule is C=CCOC(OCC=C)(C(=O)OC)c1ccccc1C(=O)c1ccc(OC)cc1. The van der Waals surface area contributed by atoms with Gasteiger partial charge in [-0.1, -0.05) is 36.4 Å². The van der Waals surface area contributed by atoms with Crippen LogP contribution in [-0.2, 0) is 24.8 Å². The van der Waals surface area contributed by atoms with Crippen LogP contribution in [0.25, 0.3) is 0 Å². The normalized spacial score (nSPS) is 10.8. The minimum absolute atomic E-state index is 0.00268. The van der Waals surface area contributed by atoms with Crippen LogP contribution in [0.1, 0.15) is 21.5 Å². The molecule has 2 aromatic rings. The molecule has 6 nitrogen and oxygen atoms in total. The summed E-state index contributed by atoms with van der Waals surface area (Å²) in [5, 5.41) is 0. The quantitative estimate of drug-likeness (QED) is 0.250. The van der Waals surface area contributed by atoms with E-state index in [9.17, 15) is 9.59 Å². The Labute approximate surface area is 170 Å². The first-order chi connectivity index (χ1) is 14.0. The summed E-state index contributed by atoms with van der Waals surface area (Å²) in [6.07, 6.45) is 2.95. The maximum Gasteiger partial charge on any atom is 0.371 e. The molecule has 0 saturated heterocycles. The first kappa shape index (κ1) is 22.1. The highest BCUT2D eigenvalue weighted by molar-refractivity contribution is 6.10. The molecule has 0 unspecified atom stereocenters. The first-order valence-electron chi connectivity index (χ1n) is 8.90. The Bertz CT molecular complexity index is 857. The van der Waals surface area contributed by atoms with Crippen LogP contribution in [0.5, 0.6) is 5.75 Å². The van der Waals surface area contributed by atoms with Gasteiger partial charge in [0.1, 0.15) is 5.75 Å². The zero-order chi connectivity index (χ0) is 21.3. The predicted octanol–water partition coefficient (Wildman–Crippen LogP) is 3.66. The maximum absolute atomic E-state index is 13.2. The highest BCUT2D eigenvalue weighted by Crippen LogP contribution is 2.33. The smallest absolute Gasteiger partial charge is 0.371 e. The molecule has 0 aliphatic carbocycles. The van der Waals surface area contributed by atoms with Gasteiger partial charge in [0.15, 0.2) is 5.78 Å². The number of methoxy groups -OCH3 is 2. The molecule has 0 fully saturated rings. The third kappa shape index (κ3) is 4.80. The third-order valence-electron chi connectivity index (χ3n) is 4.14. The summed E-state index contributed by atoms with van der Waals surface area (Å²) in [7, 11) is 2.77. The molecule has 0 aromatic heterocycles. The molecule has 0 spiro atoms. The van der Waals surface area contributed by atoms with Crippen LogP contribution in [0.4, 0.5) is 0 Å². The van der Waals surface area contributed by atoms with Crippen LogP contribution in [0.2, 0.25) is 0 Å². The second-order valence-corrected chi connectivity index (χ2v) is 5.91. The summed E-state index contributed by atoms with van der Waals surface area (Å²) in [6.45, 7) is 7.22. The van der Waals surface area contributed by atoms with Crippen molar-refractivity contribution in [2.24, 2.45) is 0 Å². The molecule has 0 saturated carbocycles. The van der Waals surface area contributed by atoms with Gasteiger partial charge < -0.3 is 18.9 Å². The lowest BCUT2D eigenvalue weighted by molar-refractivity contribution is -0.246. The summed E-state index contributed by atoms with van der Waals surface area (Å²) in [6, 6.07) is 13.3. The van der Waals surface area contributed by atoms with Crippen molar-refractivity contribution < 1.29 is 28.5 Å². The van der Waals surface area contributed by atoms with Gasteiger partial charge in [-0.05, 0) is 24.3 Å². The summed E-state index contributed by atoms with van der Waals surface area (Å²) >= 11 is 0. The average Bonchev–Trinajstić information content (AvgIpc) is 2.78. The molecule has 0 aliphatic rings. The first-order valence-corrected chi connectivity index (χ1v) is 8.90.